The summed E-state index contributed by atoms with van der Waals surface area (Å²) < 4.78 is 10.7. The second-order valence-corrected chi connectivity index (χ2v) is 12.5. The molecule has 4 bridgehead atoms. The first-order chi connectivity index (χ1) is 25.6. The summed E-state index contributed by atoms with van der Waals surface area (Å²) in [6.07, 6.45) is 3.10. The van der Waals surface area contributed by atoms with Crippen molar-refractivity contribution in [2.45, 2.75) is 25.7 Å². The molecule has 4 aliphatic carbocycles. The Hall–Kier alpha value is -6.84. The molecule has 0 fully saturated rings. The van der Waals surface area contributed by atoms with Crippen molar-refractivity contribution in [3.05, 3.63) is 200 Å². The van der Waals surface area contributed by atoms with Gasteiger partial charge in [-0.1, -0.05) is 83.8 Å². The van der Waals surface area contributed by atoms with E-state index in [0.29, 0.717) is 0 Å². The fraction of sp³-hybridized carbons (Fsp3) is 0.120. The van der Waals surface area contributed by atoms with Crippen LogP contribution in [0, 0.1) is 47.4 Å². The lowest BCUT2D eigenvalue weighted by Gasteiger charge is -2.17. The number of aryl methyl sites for hydroxylation is 4. The quantitative estimate of drug-likeness (QED) is 0.171. The first-order valence-electron chi connectivity index (χ1n) is 17.4. The molecule has 0 radical (unpaired) electrons. The van der Waals surface area contributed by atoms with Crippen molar-refractivity contribution in [1.82, 2.24) is 0 Å². The number of benzene rings is 6. The molecule has 0 aliphatic heterocycles. The minimum absolute atomic E-state index is 0.775. The molecule has 0 heterocycles. The molecule has 0 unspecified atom stereocenters. The Morgan fingerprint density at radius 2 is 0.596 bits per heavy atom. The summed E-state index contributed by atoms with van der Waals surface area (Å²) in [6, 6.07) is 45.1. The van der Waals surface area contributed by atoms with Crippen molar-refractivity contribution >= 4 is 0 Å². The zero-order chi connectivity index (χ0) is 35.5. The molecule has 52 heavy (non-hydrogen) atoms. The van der Waals surface area contributed by atoms with E-state index in [1.165, 1.54) is 22.3 Å². The average Bonchev–Trinajstić information content (AvgIpc) is 3.20. The first-order valence-corrected chi connectivity index (χ1v) is 17.4. The van der Waals surface area contributed by atoms with Crippen LogP contribution in [0.1, 0.15) is 66.8 Å². The zero-order valence-corrected chi connectivity index (χ0v) is 29.3. The lowest BCUT2D eigenvalue weighted by Crippen LogP contribution is -2.07. The Bertz CT molecular complexity index is 2280. The van der Waals surface area contributed by atoms with E-state index >= 15 is 0 Å². The molecule has 0 spiro atoms. The van der Waals surface area contributed by atoms with Gasteiger partial charge in [-0.2, -0.15) is 0 Å². The average molecular weight is 669 g/mol. The minimum Gasteiger partial charge on any atom is -0.497 e. The van der Waals surface area contributed by atoms with Gasteiger partial charge in [0.1, 0.15) is 11.5 Å². The molecule has 6 aromatic rings. The highest BCUT2D eigenvalue weighted by Gasteiger charge is 2.15. The smallest absolute Gasteiger partial charge is 0.118 e. The van der Waals surface area contributed by atoms with E-state index in [0.717, 1.165) is 81.7 Å². The van der Waals surface area contributed by atoms with Crippen LogP contribution in [-0.2, 0) is 25.7 Å². The Morgan fingerprint density at radius 3 is 0.865 bits per heavy atom. The number of hydrogen-bond acceptors (Lipinski definition) is 2. The predicted octanol–water partition coefficient (Wildman–Crippen LogP) is 9.19. The molecule has 10 rings (SSSR count). The topological polar surface area (TPSA) is 18.5 Å². The van der Waals surface area contributed by atoms with Crippen molar-refractivity contribution < 1.29 is 9.47 Å². The van der Waals surface area contributed by atoms with Crippen LogP contribution in [0.2, 0.25) is 0 Å². The van der Waals surface area contributed by atoms with E-state index in [1.54, 1.807) is 14.2 Å². The SMILES string of the molecule is COc1ccc(C#Cc2cc3c(C#Cc4ccccc4)cc2CCc2cc(C#Cc4ccc(OC)cc4)c(cc2C#Cc2ccccc2)CC3)cc1. The molecular formula is C50H36O2. The normalized spacial score (nSPS) is 11.1. The molecule has 0 aromatic heterocycles. The highest BCUT2D eigenvalue weighted by Crippen LogP contribution is 2.26. The maximum absolute atomic E-state index is 5.35. The van der Waals surface area contributed by atoms with Gasteiger partial charge >= 0.3 is 0 Å². The van der Waals surface area contributed by atoms with Crippen LogP contribution < -0.4 is 9.47 Å². The fourth-order valence-electron chi connectivity index (χ4n) is 6.16. The van der Waals surface area contributed by atoms with Crippen LogP contribution in [0.4, 0.5) is 0 Å². The minimum atomic E-state index is 0.775. The van der Waals surface area contributed by atoms with Crippen molar-refractivity contribution in [2.75, 3.05) is 14.2 Å². The summed E-state index contributed by atoms with van der Waals surface area (Å²) >= 11 is 0. The first kappa shape index (κ1) is 33.6. The van der Waals surface area contributed by atoms with E-state index in [2.05, 4.69) is 71.6 Å². The molecule has 0 saturated carbocycles. The van der Waals surface area contributed by atoms with E-state index in [9.17, 15) is 0 Å². The van der Waals surface area contributed by atoms with Crippen LogP contribution in [0.15, 0.2) is 133 Å². The third-order valence-corrected chi connectivity index (χ3v) is 9.08. The summed E-state index contributed by atoms with van der Waals surface area (Å²) in [7, 11) is 3.35. The molecule has 4 aliphatic rings. The summed E-state index contributed by atoms with van der Waals surface area (Å²) in [6.45, 7) is 0. The van der Waals surface area contributed by atoms with Gasteiger partial charge in [0.05, 0.1) is 14.2 Å². The number of methoxy groups -OCH3 is 2. The van der Waals surface area contributed by atoms with Gasteiger partial charge in [-0.3, -0.25) is 0 Å². The molecule has 0 saturated heterocycles. The van der Waals surface area contributed by atoms with Gasteiger partial charge in [0.15, 0.2) is 0 Å². The van der Waals surface area contributed by atoms with Crippen LogP contribution in [0.25, 0.3) is 0 Å². The third kappa shape index (κ3) is 8.47. The zero-order valence-electron chi connectivity index (χ0n) is 29.3. The monoisotopic (exact) mass is 668 g/mol. The Labute approximate surface area is 307 Å². The number of hydrogen-bond donors (Lipinski definition) is 0. The molecule has 2 nitrogen and oxygen atoms in total. The number of ether oxygens (including phenoxy) is 2. The van der Waals surface area contributed by atoms with E-state index in [-0.39, 0.29) is 0 Å². The summed E-state index contributed by atoms with van der Waals surface area (Å²) in [4.78, 5) is 0. The molecular weight excluding hydrogens is 633 g/mol. The molecule has 2 heteroatoms. The lowest BCUT2D eigenvalue weighted by molar-refractivity contribution is 0.414. The third-order valence-electron chi connectivity index (χ3n) is 9.08. The Morgan fingerprint density at radius 1 is 0.327 bits per heavy atom. The van der Waals surface area contributed by atoms with Gasteiger partial charge in [0, 0.05) is 44.5 Å². The van der Waals surface area contributed by atoms with Crippen LogP contribution >= 0.6 is 0 Å². The van der Waals surface area contributed by atoms with Crippen LogP contribution in [0.3, 0.4) is 0 Å². The molecule has 6 aromatic carbocycles. The van der Waals surface area contributed by atoms with Crippen molar-refractivity contribution in [3.63, 3.8) is 0 Å². The Kier molecular flexibility index (Phi) is 10.5. The van der Waals surface area contributed by atoms with Gasteiger partial charge in [-0.05, 0) is 145 Å². The predicted molar refractivity (Wildman–Crippen MR) is 210 cm³/mol. The highest BCUT2D eigenvalue weighted by atomic mass is 16.5. The van der Waals surface area contributed by atoms with Crippen LogP contribution in [0.5, 0.6) is 11.5 Å². The summed E-state index contributed by atoms with van der Waals surface area (Å²) in [5, 5.41) is 0. The van der Waals surface area contributed by atoms with Gasteiger partial charge in [-0.25, -0.2) is 0 Å². The van der Waals surface area contributed by atoms with Crippen molar-refractivity contribution in [3.8, 4) is 58.9 Å². The molecule has 0 atom stereocenters. The molecule has 0 amide bonds. The van der Waals surface area contributed by atoms with Gasteiger partial charge in [-0.15, -0.1) is 0 Å². The maximum atomic E-state index is 5.35. The second-order valence-electron chi connectivity index (χ2n) is 12.5. The Balaban J connectivity index is 1.33. The van der Waals surface area contributed by atoms with Crippen molar-refractivity contribution in [2.24, 2.45) is 0 Å². The standard InChI is InChI=1S/C50H36O2/c1-51-49-29-17-39(18-30-49)15-23-43-35-45-26-28-48-34-42(22-14-38-11-7-4-8-12-38)46(36-44(48)24-16-40-19-31-50(52-2)32-20-40)25-27-47(43)33-41(45)21-13-37-9-5-3-6-10-37/h3-12,17-20,29-36H,25-28H2,1-2H3. The second kappa shape index (κ2) is 16.2. The number of rotatable bonds is 2. The van der Waals surface area contributed by atoms with E-state index in [4.69, 9.17) is 9.47 Å². The molecule has 0 N–H and O–H groups in total. The summed E-state index contributed by atoms with van der Waals surface area (Å²) in [5.41, 5.74) is 12.7. The van der Waals surface area contributed by atoms with Crippen LogP contribution in [-0.4, -0.2) is 14.2 Å². The summed E-state index contributed by atoms with van der Waals surface area (Å²) in [5.74, 6) is 29.4. The lowest BCUT2D eigenvalue weighted by atomic mass is 9.86. The highest BCUT2D eigenvalue weighted by molar-refractivity contribution is 5.59. The van der Waals surface area contributed by atoms with Gasteiger partial charge in [0.2, 0.25) is 0 Å². The van der Waals surface area contributed by atoms with Gasteiger partial charge < -0.3 is 9.47 Å². The van der Waals surface area contributed by atoms with Crippen molar-refractivity contribution in [1.29, 1.82) is 0 Å². The van der Waals surface area contributed by atoms with Gasteiger partial charge in [0.25, 0.3) is 0 Å². The fourth-order valence-corrected chi connectivity index (χ4v) is 6.16. The molecule has 248 valence electrons. The van der Waals surface area contributed by atoms with E-state index < -0.39 is 0 Å². The van der Waals surface area contributed by atoms with E-state index in [1.807, 2.05) is 109 Å². The maximum Gasteiger partial charge on any atom is 0.118 e. The largest absolute Gasteiger partial charge is 0.497 e.